The molecule has 2 aromatic carbocycles. The zero-order chi connectivity index (χ0) is 33.5. The van der Waals surface area contributed by atoms with Crippen molar-refractivity contribution in [3.05, 3.63) is 66.1 Å². The summed E-state index contributed by atoms with van der Waals surface area (Å²) in [6.45, 7) is 4.36. The number of hydrogen-bond donors (Lipinski definition) is 3. The number of aromatic nitrogens is 2. The molecule has 0 bridgehead atoms. The second kappa shape index (κ2) is 14.4. The van der Waals surface area contributed by atoms with Crippen LogP contribution in [0.4, 0.5) is 39.8 Å². The lowest BCUT2D eigenvalue weighted by molar-refractivity contribution is -0.138. The zero-order valence-electron chi connectivity index (χ0n) is 24.7. The van der Waals surface area contributed by atoms with Gasteiger partial charge in [-0.05, 0) is 55.8 Å². The van der Waals surface area contributed by atoms with Crippen molar-refractivity contribution in [2.75, 3.05) is 42.7 Å². The quantitative estimate of drug-likeness (QED) is 0.177. The number of carbonyl (C=O) groups excluding carboxylic acids is 1. The van der Waals surface area contributed by atoms with Gasteiger partial charge in [-0.3, -0.25) is 0 Å². The van der Waals surface area contributed by atoms with E-state index >= 15 is 0 Å². The molecule has 1 aromatic heterocycles. The fraction of sp³-hybridized carbons (Fsp3) is 0.357. The van der Waals surface area contributed by atoms with Crippen molar-refractivity contribution < 1.29 is 45.4 Å². The maximum Gasteiger partial charge on any atom is 0.423 e. The first kappa shape index (κ1) is 34.8. The van der Waals surface area contributed by atoms with Crippen molar-refractivity contribution in [2.24, 2.45) is 0 Å². The molecule has 1 amide bonds. The van der Waals surface area contributed by atoms with Gasteiger partial charge in [-0.1, -0.05) is 12.1 Å². The lowest BCUT2D eigenvalue weighted by atomic mass is 10.1. The molecular formula is C28H32F4N6O6S. The van der Waals surface area contributed by atoms with E-state index < -0.39 is 61.7 Å². The molecule has 45 heavy (non-hydrogen) atoms. The molecule has 0 saturated heterocycles. The topological polar surface area (TPSA) is 154 Å². The number of halogens is 4. The Morgan fingerprint density at radius 1 is 1.00 bits per heavy atom. The number of rotatable bonds is 13. The normalized spacial score (nSPS) is 13.0. The van der Waals surface area contributed by atoms with Crippen LogP contribution in [0.5, 0.6) is 5.75 Å². The maximum absolute atomic E-state index is 14.2. The lowest BCUT2D eigenvalue weighted by Gasteiger charge is -2.26. The number of alkyl halides is 3. The second-order valence-electron chi connectivity index (χ2n) is 9.82. The van der Waals surface area contributed by atoms with Crippen LogP contribution in [0.25, 0.3) is 0 Å². The van der Waals surface area contributed by atoms with Crippen molar-refractivity contribution in [1.29, 1.82) is 0 Å². The Labute approximate surface area is 257 Å². The van der Waals surface area contributed by atoms with E-state index in [9.17, 15) is 40.7 Å². The molecule has 2 atom stereocenters. The predicted octanol–water partition coefficient (Wildman–Crippen LogP) is 4.40. The van der Waals surface area contributed by atoms with Crippen LogP contribution < -0.4 is 20.3 Å². The molecular weight excluding hydrogens is 624 g/mol. The minimum Gasteiger partial charge on any atom is -0.480 e. The third-order valence-corrected chi connectivity index (χ3v) is 8.34. The number of ether oxygens (including phenoxy) is 1. The van der Waals surface area contributed by atoms with Crippen LogP contribution in [0.1, 0.15) is 19.4 Å². The number of nitrogens with zero attached hydrogens (tertiary/aromatic N) is 4. The fourth-order valence-electron chi connectivity index (χ4n) is 3.97. The highest BCUT2D eigenvalue weighted by molar-refractivity contribution is 7.92. The highest BCUT2D eigenvalue weighted by atomic mass is 32.2. The number of carbonyl (C=O) groups is 2. The summed E-state index contributed by atoms with van der Waals surface area (Å²) in [5, 5.41) is 11.3. The molecule has 0 spiro atoms. The van der Waals surface area contributed by atoms with Crippen molar-refractivity contribution in [3.8, 4) is 5.75 Å². The summed E-state index contributed by atoms with van der Waals surface area (Å²) in [6.07, 6.45) is -5.27. The van der Waals surface area contributed by atoms with Crippen molar-refractivity contribution in [3.63, 3.8) is 0 Å². The van der Waals surface area contributed by atoms with Gasteiger partial charge in [-0.15, -0.1) is 0 Å². The number of nitrogens with one attached hydrogen (secondary N) is 2. The molecule has 0 fully saturated rings. The van der Waals surface area contributed by atoms with Gasteiger partial charge in [0.25, 0.3) is 0 Å². The van der Waals surface area contributed by atoms with Crippen LogP contribution in [-0.2, 0) is 21.1 Å². The van der Waals surface area contributed by atoms with Crippen molar-refractivity contribution in [1.82, 2.24) is 14.9 Å². The summed E-state index contributed by atoms with van der Waals surface area (Å²) < 4.78 is 87.4. The minimum absolute atomic E-state index is 0.0502. The van der Waals surface area contributed by atoms with E-state index in [-0.39, 0.29) is 18.1 Å². The molecule has 0 radical (unpaired) electrons. The average molecular weight is 657 g/mol. The van der Waals surface area contributed by atoms with Crippen molar-refractivity contribution in [2.45, 2.75) is 42.8 Å². The molecule has 0 aliphatic rings. The summed E-state index contributed by atoms with van der Waals surface area (Å²) in [5.41, 5.74) is -0.0877. The first-order chi connectivity index (χ1) is 21.1. The standard InChI is InChI=1S/C28H32F4N6O6S/c1-5-38(6-2)26-33-16-22(35-25(28(30,31)32)45(42,43)20-13-9-18(29)10-14-20)23(36-26)34-21(24(39)40)15-17-7-11-19(12-8-17)44-27(41)37(3)4/h7-14,16,21,25,35H,5-6,15H2,1-4H3,(H,39,40)(H,33,34,36). The molecule has 244 valence electrons. The number of aliphatic carboxylic acids is 1. The second-order valence-corrected chi connectivity index (χ2v) is 11.8. The largest absolute Gasteiger partial charge is 0.480 e. The Hall–Kier alpha value is -4.67. The molecule has 3 rings (SSSR count). The van der Waals surface area contributed by atoms with Gasteiger partial charge in [0.05, 0.1) is 16.8 Å². The van der Waals surface area contributed by atoms with E-state index in [1.807, 2.05) is 5.32 Å². The van der Waals surface area contributed by atoms with Gasteiger partial charge < -0.3 is 30.3 Å². The first-order valence-corrected chi connectivity index (χ1v) is 15.0. The number of carboxylic acids is 1. The number of sulfone groups is 1. The molecule has 12 nitrogen and oxygen atoms in total. The first-order valence-electron chi connectivity index (χ1n) is 13.5. The number of amides is 1. The van der Waals surface area contributed by atoms with Gasteiger partial charge in [-0.25, -0.2) is 27.4 Å². The Bertz CT molecular complexity index is 1580. The number of carboxylic acid groups (broad SMARTS) is 1. The zero-order valence-corrected chi connectivity index (χ0v) is 25.5. The minimum atomic E-state index is -5.37. The van der Waals surface area contributed by atoms with Gasteiger partial charge in [0.15, 0.2) is 5.82 Å². The van der Waals surface area contributed by atoms with Gasteiger partial charge in [0, 0.05) is 33.6 Å². The molecule has 0 aliphatic carbocycles. The Kier molecular flexibility index (Phi) is 11.1. The summed E-state index contributed by atoms with van der Waals surface area (Å²) in [6, 6.07) is 7.28. The average Bonchev–Trinajstić information content (AvgIpc) is 2.97. The summed E-state index contributed by atoms with van der Waals surface area (Å²) >= 11 is 0. The Morgan fingerprint density at radius 3 is 2.11 bits per heavy atom. The number of hydrogen-bond acceptors (Lipinski definition) is 10. The SMILES string of the molecule is CCN(CC)c1ncc(NC(C(F)(F)F)S(=O)(=O)c2ccc(F)cc2)c(NC(Cc2ccc(OC(=O)N(C)C)cc2)C(=O)O)n1. The molecule has 3 N–H and O–H groups in total. The van der Waals surface area contributed by atoms with Crippen LogP contribution in [-0.4, -0.2) is 85.2 Å². The summed E-state index contributed by atoms with van der Waals surface area (Å²) in [4.78, 5) is 34.4. The van der Waals surface area contributed by atoms with Gasteiger partial charge in [0.2, 0.25) is 21.2 Å². The van der Waals surface area contributed by atoms with E-state index in [1.165, 1.54) is 43.3 Å². The third-order valence-electron chi connectivity index (χ3n) is 6.40. The van der Waals surface area contributed by atoms with E-state index in [4.69, 9.17) is 4.74 Å². The Morgan fingerprint density at radius 2 is 1.60 bits per heavy atom. The molecule has 0 saturated carbocycles. The smallest absolute Gasteiger partial charge is 0.423 e. The lowest BCUT2D eigenvalue weighted by Crippen LogP contribution is -2.43. The molecule has 17 heteroatoms. The third kappa shape index (κ3) is 8.93. The van der Waals surface area contributed by atoms with Gasteiger partial charge >= 0.3 is 18.2 Å². The van der Waals surface area contributed by atoms with Gasteiger partial charge in [-0.2, -0.15) is 18.2 Å². The predicted molar refractivity (Wildman–Crippen MR) is 158 cm³/mol. The fourth-order valence-corrected chi connectivity index (χ4v) is 5.39. The number of anilines is 3. The maximum atomic E-state index is 14.2. The highest BCUT2D eigenvalue weighted by Crippen LogP contribution is 2.34. The van der Waals surface area contributed by atoms with Crippen LogP contribution in [0.3, 0.4) is 0 Å². The van der Waals surface area contributed by atoms with Crippen LogP contribution >= 0.6 is 0 Å². The highest BCUT2D eigenvalue weighted by Gasteiger charge is 2.50. The monoisotopic (exact) mass is 656 g/mol. The molecule has 3 aromatic rings. The van der Waals surface area contributed by atoms with E-state index in [0.717, 1.165) is 6.20 Å². The Balaban J connectivity index is 2.00. The van der Waals surface area contributed by atoms with Gasteiger partial charge in [0.1, 0.15) is 17.6 Å². The van der Waals surface area contributed by atoms with Crippen LogP contribution in [0, 0.1) is 5.82 Å². The van der Waals surface area contributed by atoms with Crippen LogP contribution in [0.15, 0.2) is 59.6 Å². The summed E-state index contributed by atoms with van der Waals surface area (Å²) in [5.74, 6) is -2.39. The van der Waals surface area contributed by atoms with Crippen molar-refractivity contribution >= 4 is 39.4 Å². The molecule has 0 aliphatic heterocycles. The van der Waals surface area contributed by atoms with E-state index in [0.29, 0.717) is 42.9 Å². The summed E-state index contributed by atoms with van der Waals surface area (Å²) in [7, 11) is -2.20. The van der Waals surface area contributed by atoms with E-state index in [2.05, 4.69) is 15.3 Å². The molecule has 2 unspecified atom stereocenters. The number of benzene rings is 2. The van der Waals surface area contributed by atoms with Crippen LogP contribution in [0.2, 0.25) is 0 Å². The van der Waals surface area contributed by atoms with E-state index in [1.54, 1.807) is 18.7 Å². The molecule has 1 heterocycles.